The van der Waals surface area contributed by atoms with Crippen LogP contribution >= 0.6 is 0 Å². The number of esters is 2. The smallest absolute Gasteiger partial charge is 0.339 e. The zero-order valence-corrected chi connectivity index (χ0v) is 26.8. The van der Waals surface area contributed by atoms with Gasteiger partial charge in [-0.3, -0.25) is 9.59 Å². The summed E-state index contributed by atoms with van der Waals surface area (Å²) in [5.41, 5.74) is -5.90. The molecule has 8 aliphatic rings. The quantitative estimate of drug-likeness (QED) is 0.228. The Balaban J connectivity index is 1.28. The van der Waals surface area contributed by atoms with Crippen molar-refractivity contribution in [1.29, 1.82) is 0 Å². The summed E-state index contributed by atoms with van der Waals surface area (Å²) in [5, 5.41) is 32.8. The number of cyclic esters (lactones) is 2. The van der Waals surface area contributed by atoms with Gasteiger partial charge in [0.1, 0.15) is 30.2 Å². The molecule has 11 nitrogen and oxygen atoms in total. The van der Waals surface area contributed by atoms with E-state index in [2.05, 4.69) is 0 Å². The third-order valence-electron chi connectivity index (χ3n) is 13.7. The van der Waals surface area contributed by atoms with Crippen LogP contribution in [0.2, 0.25) is 0 Å². The van der Waals surface area contributed by atoms with Crippen molar-refractivity contribution >= 4 is 17.7 Å². The van der Waals surface area contributed by atoms with Gasteiger partial charge >= 0.3 is 11.9 Å². The van der Waals surface area contributed by atoms with Crippen molar-refractivity contribution in [3.8, 4) is 0 Å². The summed E-state index contributed by atoms with van der Waals surface area (Å²) in [7, 11) is 0. The van der Waals surface area contributed by atoms with E-state index in [0.717, 1.165) is 6.42 Å². The van der Waals surface area contributed by atoms with E-state index in [4.69, 9.17) is 23.4 Å². The zero-order valence-electron chi connectivity index (χ0n) is 26.8. The molecule has 12 atom stereocenters. The molecule has 1 aromatic heterocycles. The molecule has 2 bridgehead atoms. The van der Waals surface area contributed by atoms with Gasteiger partial charge in [-0.05, 0) is 57.4 Å². The van der Waals surface area contributed by atoms with E-state index in [1.807, 2.05) is 39.8 Å². The maximum atomic E-state index is 14.9. The first kappa shape index (κ1) is 30.7. The first-order valence-corrected chi connectivity index (χ1v) is 16.8. The second-order valence-electron chi connectivity index (χ2n) is 15.6. The normalized spacial score (nSPS) is 47.4. The van der Waals surface area contributed by atoms with Gasteiger partial charge in [0.05, 0.1) is 47.9 Å². The van der Waals surface area contributed by atoms with Gasteiger partial charge in [-0.15, -0.1) is 0 Å². The second kappa shape index (κ2) is 9.53. The van der Waals surface area contributed by atoms with Crippen LogP contribution in [-0.2, 0) is 39.8 Å². The predicted octanol–water partition coefficient (Wildman–Crippen LogP) is 2.73. The third-order valence-corrected chi connectivity index (χ3v) is 13.7. The van der Waals surface area contributed by atoms with Crippen LogP contribution in [0, 0.1) is 33.5 Å². The van der Waals surface area contributed by atoms with E-state index >= 15 is 0 Å². The van der Waals surface area contributed by atoms with Crippen molar-refractivity contribution in [3.63, 3.8) is 0 Å². The molecule has 4 saturated heterocycles. The molecular formula is C35H44O11. The van der Waals surface area contributed by atoms with Crippen LogP contribution in [0.1, 0.15) is 83.6 Å². The number of fused-ring (bicyclic) bond motifs is 2. The van der Waals surface area contributed by atoms with E-state index in [-0.39, 0.29) is 43.2 Å². The summed E-state index contributed by atoms with van der Waals surface area (Å²) >= 11 is 0. The number of allylic oxidation sites excluding steroid dienone is 1. The number of carbonyl (C=O) groups is 3. The van der Waals surface area contributed by atoms with E-state index < -0.39 is 69.4 Å². The summed E-state index contributed by atoms with van der Waals surface area (Å²) < 4.78 is 31.3. The number of aliphatic hydroxyl groups is 3. The lowest BCUT2D eigenvalue weighted by Crippen LogP contribution is -2.79. The Kier molecular flexibility index (Phi) is 6.37. The van der Waals surface area contributed by atoms with Crippen LogP contribution in [0.3, 0.4) is 0 Å². The SMILES string of the molecule is CCCC(Cc1occc1C1OC(=O)C2OC23C1(C)CCC1C24COC(=O)CC2OC(C)(C)C42C=CCC13C(O)C2=O)C(O)CO. The van der Waals surface area contributed by atoms with E-state index in [1.165, 1.54) is 0 Å². The van der Waals surface area contributed by atoms with Crippen LogP contribution in [0.15, 0.2) is 28.9 Å². The number of hydrogen-bond acceptors (Lipinski definition) is 11. The fourth-order valence-corrected chi connectivity index (χ4v) is 12.0. The number of carbonyl (C=O) groups excluding carboxylic acids is 3. The lowest BCUT2D eigenvalue weighted by atomic mass is 9.33. The third kappa shape index (κ3) is 3.16. The van der Waals surface area contributed by atoms with Crippen molar-refractivity contribution in [3.05, 3.63) is 35.8 Å². The van der Waals surface area contributed by atoms with Gasteiger partial charge in [0.25, 0.3) is 0 Å². The first-order valence-electron chi connectivity index (χ1n) is 16.8. The fourth-order valence-electron chi connectivity index (χ4n) is 12.0. The molecule has 6 fully saturated rings. The minimum atomic E-state index is -1.47. The van der Waals surface area contributed by atoms with Crippen LogP contribution in [0.25, 0.3) is 0 Å². The summed E-state index contributed by atoms with van der Waals surface area (Å²) in [5.74, 6) is -1.39. The molecule has 4 aliphatic heterocycles. The molecule has 12 unspecified atom stereocenters. The van der Waals surface area contributed by atoms with Gasteiger partial charge in [-0.25, -0.2) is 4.79 Å². The molecule has 11 heteroatoms. The number of Topliss-reactive ketones (excluding diaryl/α,β-unsaturated/α-hetero) is 1. The predicted molar refractivity (Wildman–Crippen MR) is 158 cm³/mol. The Morgan fingerprint density at radius 3 is 2.61 bits per heavy atom. The molecule has 0 radical (unpaired) electrons. The maximum Gasteiger partial charge on any atom is 0.339 e. The average molecular weight is 641 g/mol. The van der Waals surface area contributed by atoms with E-state index in [0.29, 0.717) is 43.4 Å². The topological polar surface area (TPSA) is 165 Å². The number of epoxide rings is 1. The minimum absolute atomic E-state index is 0.00515. The molecule has 4 spiro atoms. The van der Waals surface area contributed by atoms with Crippen LogP contribution in [0.5, 0.6) is 0 Å². The molecule has 3 N–H and O–H groups in total. The van der Waals surface area contributed by atoms with Crippen molar-refractivity contribution in [1.82, 2.24) is 0 Å². The highest BCUT2D eigenvalue weighted by molar-refractivity contribution is 5.97. The molecule has 46 heavy (non-hydrogen) atoms. The first-order chi connectivity index (χ1) is 21.8. The van der Waals surface area contributed by atoms with Gasteiger partial charge < -0.3 is 38.7 Å². The Morgan fingerprint density at radius 2 is 1.87 bits per heavy atom. The van der Waals surface area contributed by atoms with Crippen LogP contribution in [-0.4, -0.2) is 81.9 Å². The minimum Gasteiger partial charge on any atom is -0.469 e. The summed E-state index contributed by atoms with van der Waals surface area (Å²) in [6, 6.07) is 1.79. The lowest BCUT2D eigenvalue weighted by Gasteiger charge is -2.68. The average Bonchev–Trinajstić information content (AvgIpc) is 3.64. The Hall–Kier alpha value is -2.57. The van der Waals surface area contributed by atoms with E-state index in [9.17, 15) is 29.7 Å². The van der Waals surface area contributed by atoms with Crippen LogP contribution in [0.4, 0.5) is 0 Å². The van der Waals surface area contributed by atoms with Gasteiger partial charge in [0.15, 0.2) is 11.9 Å². The summed E-state index contributed by atoms with van der Waals surface area (Å²) in [4.78, 5) is 41.5. The van der Waals surface area contributed by atoms with Gasteiger partial charge in [0, 0.05) is 22.8 Å². The standard InChI is InChI=1S/C35H44O11/c1-5-7-18(20(37)16-36)14-21-19(9-13-42-21)27-31(4)12-8-22-32(35(31)28(46-35)29(41)44-27)10-6-11-34(26(40)25(32)39)30(2,3)45-23-15-24(38)43-17-33(22,23)34/h6,9,11,13,18,20,22-23,25,27-28,36-37,39H,5,7-8,10,12,14-17H2,1-4H3. The second-order valence-corrected chi connectivity index (χ2v) is 15.6. The van der Waals surface area contributed by atoms with Crippen LogP contribution < -0.4 is 0 Å². The number of hydrogen-bond donors (Lipinski definition) is 3. The molecule has 1 aromatic rings. The maximum absolute atomic E-state index is 14.9. The number of aliphatic hydroxyl groups excluding tert-OH is 3. The number of rotatable bonds is 7. The summed E-state index contributed by atoms with van der Waals surface area (Å²) in [6.07, 6.45) is 3.82. The zero-order chi connectivity index (χ0) is 32.7. The lowest BCUT2D eigenvalue weighted by molar-refractivity contribution is -0.262. The molecule has 5 heterocycles. The molecule has 0 amide bonds. The number of furan rings is 1. The molecule has 9 rings (SSSR count). The van der Waals surface area contributed by atoms with Crippen molar-refractivity contribution in [2.24, 2.45) is 33.5 Å². The molecule has 2 saturated carbocycles. The molecular weight excluding hydrogens is 596 g/mol. The number of ether oxygens (including phenoxy) is 4. The van der Waals surface area contributed by atoms with Gasteiger partial charge in [0.2, 0.25) is 0 Å². The van der Waals surface area contributed by atoms with Crippen molar-refractivity contribution in [2.45, 2.75) is 114 Å². The number of ketones is 1. The Morgan fingerprint density at radius 1 is 1.09 bits per heavy atom. The molecule has 4 aliphatic carbocycles. The van der Waals surface area contributed by atoms with Crippen molar-refractivity contribution < 1.29 is 53.1 Å². The summed E-state index contributed by atoms with van der Waals surface area (Å²) in [6.45, 7) is 7.37. The molecule has 250 valence electrons. The Bertz CT molecular complexity index is 1530. The fraction of sp³-hybridized carbons (Fsp3) is 0.743. The highest BCUT2D eigenvalue weighted by Crippen LogP contribution is 2.84. The van der Waals surface area contributed by atoms with Crippen molar-refractivity contribution in [2.75, 3.05) is 13.2 Å². The van der Waals surface area contributed by atoms with Gasteiger partial charge in [-0.2, -0.15) is 0 Å². The molecule has 0 aromatic carbocycles. The Labute approximate surface area is 267 Å². The van der Waals surface area contributed by atoms with Gasteiger partial charge in [-0.1, -0.05) is 32.4 Å². The highest BCUT2D eigenvalue weighted by Gasteiger charge is 2.94. The largest absolute Gasteiger partial charge is 0.469 e. The van der Waals surface area contributed by atoms with E-state index in [1.54, 1.807) is 12.3 Å². The highest BCUT2D eigenvalue weighted by atomic mass is 16.7. The monoisotopic (exact) mass is 640 g/mol.